The highest BCUT2D eigenvalue weighted by atomic mass is 32.2. The summed E-state index contributed by atoms with van der Waals surface area (Å²) in [4.78, 5) is 3.90. The molecule has 19 heavy (non-hydrogen) atoms. The van der Waals surface area contributed by atoms with Crippen molar-refractivity contribution in [3.05, 3.63) is 30.1 Å². The van der Waals surface area contributed by atoms with E-state index in [4.69, 9.17) is 0 Å². The van der Waals surface area contributed by atoms with Crippen molar-refractivity contribution in [3.63, 3.8) is 0 Å². The fourth-order valence-corrected chi connectivity index (χ4v) is 2.68. The molecule has 2 N–H and O–H groups in total. The van der Waals surface area contributed by atoms with E-state index in [-0.39, 0.29) is 5.75 Å². The number of sulfonamides is 1. The van der Waals surface area contributed by atoms with Crippen molar-refractivity contribution in [1.29, 1.82) is 0 Å². The Balaban J connectivity index is 2.21. The molecule has 5 nitrogen and oxygen atoms in total. The molecule has 1 rings (SSSR count). The van der Waals surface area contributed by atoms with Gasteiger partial charge in [-0.25, -0.2) is 13.1 Å². The summed E-state index contributed by atoms with van der Waals surface area (Å²) in [7, 11) is -3.18. The third kappa shape index (κ3) is 7.92. The Morgan fingerprint density at radius 2 is 1.89 bits per heavy atom. The summed E-state index contributed by atoms with van der Waals surface area (Å²) in [6, 6.07) is 4.10. The number of hydrogen-bond donors (Lipinski definition) is 2. The normalized spacial score (nSPS) is 11.9. The molecule has 0 atom stereocenters. The van der Waals surface area contributed by atoms with Gasteiger partial charge in [0.1, 0.15) is 0 Å². The van der Waals surface area contributed by atoms with E-state index in [9.17, 15) is 8.42 Å². The second kappa shape index (κ2) is 8.24. The molecule has 1 aromatic rings. The van der Waals surface area contributed by atoms with Crippen LogP contribution in [-0.2, 0) is 16.4 Å². The van der Waals surface area contributed by atoms with Crippen LogP contribution in [0.1, 0.15) is 25.8 Å². The maximum Gasteiger partial charge on any atom is 0.211 e. The average molecular weight is 285 g/mol. The molecule has 0 radical (unpaired) electrons. The molecule has 1 heterocycles. The number of nitrogens with zero attached hydrogens (tertiary/aromatic N) is 1. The summed E-state index contributed by atoms with van der Waals surface area (Å²) in [5.41, 5.74) is 0.988. The lowest BCUT2D eigenvalue weighted by Crippen LogP contribution is -2.31. The molecule has 0 bridgehead atoms. The third-order valence-electron chi connectivity index (χ3n) is 2.64. The molecule has 0 amide bonds. The molecule has 0 aliphatic carbocycles. The van der Waals surface area contributed by atoms with E-state index in [1.54, 1.807) is 12.4 Å². The second-order valence-corrected chi connectivity index (χ2v) is 6.71. The lowest BCUT2D eigenvalue weighted by Gasteiger charge is -2.09. The van der Waals surface area contributed by atoms with Crippen molar-refractivity contribution in [1.82, 2.24) is 15.0 Å². The molecular formula is C13H23N3O2S. The summed E-state index contributed by atoms with van der Waals surface area (Å²) in [6.45, 7) is 5.45. The first kappa shape index (κ1) is 16.1. The second-order valence-electron chi connectivity index (χ2n) is 4.78. The highest BCUT2D eigenvalue weighted by Crippen LogP contribution is 1.99. The van der Waals surface area contributed by atoms with Gasteiger partial charge in [-0.05, 0) is 37.1 Å². The van der Waals surface area contributed by atoms with Crippen LogP contribution in [0.5, 0.6) is 0 Å². The van der Waals surface area contributed by atoms with Gasteiger partial charge in [-0.1, -0.05) is 13.8 Å². The highest BCUT2D eigenvalue weighted by Gasteiger charge is 2.09. The van der Waals surface area contributed by atoms with Crippen LogP contribution in [0.2, 0.25) is 0 Å². The highest BCUT2D eigenvalue weighted by molar-refractivity contribution is 7.89. The van der Waals surface area contributed by atoms with E-state index < -0.39 is 10.0 Å². The van der Waals surface area contributed by atoms with Gasteiger partial charge in [0.05, 0.1) is 5.75 Å². The molecule has 108 valence electrons. The van der Waals surface area contributed by atoms with Crippen LogP contribution in [0.4, 0.5) is 0 Å². The first-order chi connectivity index (χ1) is 8.99. The Hall–Kier alpha value is -0.980. The lowest BCUT2D eigenvalue weighted by molar-refractivity contribution is 0.554. The van der Waals surface area contributed by atoms with Crippen LogP contribution in [0.15, 0.2) is 24.5 Å². The monoisotopic (exact) mass is 285 g/mol. The SMILES string of the molecule is CC(C)NCCCNS(=O)(=O)CCc1ccncc1. The molecular weight excluding hydrogens is 262 g/mol. The van der Waals surface area contributed by atoms with Crippen LogP contribution >= 0.6 is 0 Å². The van der Waals surface area contributed by atoms with Gasteiger partial charge in [0.15, 0.2) is 0 Å². The van der Waals surface area contributed by atoms with Gasteiger partial charge in [-0.15, -0.1) is 0 Å². The number of nitrogens with one attached hydrogen (secondary N) is 2. The summed E-state index contributed by atoms with van der Waals surface area (Å²) in [5.74, 6) is 0.120. The van der Waals surface area contributed by atoms with E-state index in [2.05, 4.69) is 28.9 Å². The van der Waals surface area contributed by atoms with E-state index in [1.165, 1.54) is 0 Å². The quantitative estimate of drug-likeness (QED) is 0.662. The van der Waals surface area contributed by atoms with Crippen molar-refractivity contribution < 1.29 is 8.42 Å². The minimum absolute atomic E-state index is 0.120. The van der Waals surface area contributed by atoms with Gasteiger partial charge in [-0.2, -0.15) is 0 Å². The topological polar surface area (TPSA) is 71.1 Å². The third-order valence-corrected chi connectivity index (χ3v) is 4.02. The van der Waals surface area contributed by atoms with Gasteiger partial charge >= 0.3 is 0 Å². The van der Waals surface area contributed by atoms with Crippen molar-refractivity contribution in [2.24, 2.45) is 0 Å². The van der Waals surface area contributed by atoms with E-state index in [1.807, 2.05) is 12.1 Å². The number of pyridine rings is 1. The van der Waals surface area contributed by atoms with Crippen molar-refractivity contribution in [3.8, 4) is 0 Å². The molecule has 6 heteroatoms. The molecule has 0 aliphatic heterocycles. The van der Waals surface area contributed by atoms with Crippen LogP contribution < -0.4 is 10.0 Å². The van der Waals surface area contributed by atoms with Crippen molar-refractivity contribution in [2.45, 2.75) is 32.7 Å². The predicted octanol–water partition coefficient (Wildman–Crippen LogP) is 0.932. The number of aryl methyl sites for hydroxylation is 1. The molecule has 0 fully saturated rings. The van der Waals surface area contributed by atoms with Gasteiger partial charge < -0.3 is 5.32 Å². The van der Waals surface area contributed by atoms with Gasteiger partial charge in [0.25, 0.3) is 0 Å². The molecule has 0 saturated heterocycles. The number of aromatic nitrogens is 1. The van der Waals surface area contributed by atoms with E-state index in [0.717, 1.165) is 18.5 Å². The molecule has 0 aliphatic rings. The smallest absolute Gasteiger partial charge is 0.211 e. The molecule has 1 aromatic heterocycles. The standard InChI is InChI=1S/C13H23N3O2S/c1-12(2)15-7-3-8-16-19(17,18)11-6-13-4-9-14-10-5-13/h4-5,9-10,12,15-16H,3,6-8,11H2,1-2H3. The van der Waals surface area contributed by atoms with Crippen molar-refractivity contribution in [2.75, 3.05) is 18.8 Å². The Morgan fingerprint density at radius 1 is 1.21 bits per heavy atom. The molecule has 0 unspecified atom stereocenters. The first-order valence-electron chi connectivity index (χ1n) is 6.59. The van der Waals surface area contributed by atoms with Crippen LogP contribution in [0.3, 0.4) is 0 Å². The Morgan fingerprint density at radius 3 is 2.53 bits per heavy atom. The molecule has 0 spiro atoms. The summed E-state index contributed by atoms with van der Waals surface area (Å²) in [6.07, 6.45) is 4.66. The Kier molecular flexibility index (Phi) is 6.97. The summed E-state index contributed by atoms with van der Waals surface area (Å²) in [5, 5.41) is 3.25. The van der Waals surface area contributed by atoms with Crippen LogP contribution in [-0.4, -0.2) is 38.3 Å². The number of hydrogen-bond acceptors (Lipinski definition) is 4. The predicted molar refractivity (Wildman–Crippen MR) is 77.5 cm³/mol. The Bertz CT molecular complexity index is 446. The van der Waals surface area contributed by atoms with Gasteiger partial charge in [-0.3, -0.25) is 4.98 Å². The van der Waals surface area contributed by atoms with Crippen LogP contribution in [0, 0.1) is 0 Å². The fourth-order valence-electron chi connectivity index (χ4n) is 1.58. The largest absolute Gasteiger partial charge is 0.314 e. The maximum absolute atomic E-state index is 11.8. The van der Waals surface area contributed by atoms with Gasteiger partial charge in [0.2, 0.25) is 10.0 Å². The maximum atomic E-state index is 11.8. The molecule has 0 saturated carbocycles. The zero-order chi connectivity index (χ0) is 14.1. The van der Waals surface area contributed by atoms with E-state index in [0.29, 0.717) is 19.0 Å². The summed E-state index contributed by atoms with van der Waals surface area (Å²) >= 11 is 0. The zero-order valence-electron chi connectivity index (χ0n) is 11.6. The van der Waals surface area contributed by atoms with Gasteiger partial charge in [0, 0.05) is 25.0 Å². The van der Waals surface area contributed by atoms with Crippen LogP contribution in [0.25, 0.3) is 0 Å². The van der Waals surface area contributed by atoms with Crippen molar-refractivity contribution >= 4 is 10.0 Å². The van der Waals surface area contributed by atoms with E-state index >= 15 is 0 Å². The number of rotatable bonds is 9. The first-order valence-corrected chi connectivity index (χ1v) is 8.24. The average Bonchev–Trinajstić information content (AvgIpc) is 2.37. The minimum atomic E-state index is -3.18. The fraction of sp³-hybridized carbons (Fsp3) is 0.615. The minimum Gasteiger partial charge on any atom is -0.314 e. The zero-order valence-corrected chi connectivity index (χ0v) is 12.4. The molecule has 0 aromatic carbocycles. The summed E-state index contributed by atoms with van der Waals surface area (Å²) < 4.78 is 26.1. The Labute approximate surface area is 115 Å². The lowest BCUT2D eigenvalue weighted by atomic mass is 10.2.